The first-order valence-electron chi connectivity index (χ1n) is 9.42. The van der Waals surface area contributed by atoms with Gasteiger partial charge in [-0.15, -0.1) is 0 Å². The number of methoxy groups -OCH3 is 1. The molecule has 2 saturated heterocycles. The minimum atomic E-state index is -1.51. The summed E-state index contributed by atoms with van der Waals surface area (Å²) in [6.45, 7) is 1.92. The summed E-state index contributed by atoms with van der Waals surface area (Å²) in [5.74, 6) is -6.56. The van der Waals surface area contributed by atoms with Crippen molar-refractivity contribution < 1.29 is 41.8 Å². The molecule has 2 fully saturated rings. The highest BCUT2D eigenvalue weighted by Crippen LogP contribution is 2.30. The van der Waals surface area contributed by atoms with Crippen LogP contribution in [0.5, 0.6) is 5.75 Å². The van der Waals surface area contributed by atoms with Crippen molar-refractivity contribution in [3.8, 4) is 5.75 Å². The molecule has 11 heteroatoms. The van der Waals surface area contributed by atoms with Crippen LogP contribution in [0.2, 0.25) is 0 Å². The zero-order valence-electron chi connectivity index (χ0n) is 16.5. The van der Waals surface area contributed by atoms with E-state index in [0.717, 1.165) is 7.11 Å². The number of carbonyl (C=O) groups excluding carboxylic acids is 3. The van der Waals surface area contributed by atoms with Crippen LogP contribution in [-0.4, -0.2) is 73.3 Å². The van der Waals surface area contributed by atoms with E-state index < -0.39 is 52.8 Å². The zero-order chi connectivity index (χ0) is 22.0. The van der Waals surface area contributed by atoms with Crippen LogP contribution in [0.4, 0.5) is 18.0 Å². The molecule has 0 spiro atoms. The van der Waals surface area contributed by atoms with Crippen molar-refractivity contribution in [1.29, 1.82) is 0 Å². The number of esters is 1. The van der Waals surface area contributed by atoms with Gasteiger partial charge in [0.2, 0.25) is 5.82 Å². The molecule has 2 heterocycles. The van der Waals surface area contributed by atoms with Gasteiger partial charge in [-0.2, -0.15) is 4.39 Å². The lowest BCUT2D eigenvalue weighted by molar-refractivity contribution is -0.148. The minimum absolute atomic E-state index is 0.114. The summed E-state index contributed by atoms with van der Waals surface area (Å²) in [7, 11) is 0.968. The summed E-state index contributed by atoms with van der Waals surface area (Å²) in [6.07, 6.45) is -0.0625. The van der Waals surface area contributed by atoms with Crippen LogP contribution < -0.4 is 4.74 Å². The van der Waals surface area contributed by atoms with Crippen molar-refractivity contribution in [3.63, 3.8) is 0 Å². The number of benzene rings is 1. The molecular formula is C19H21F3N2O6. The van der Waals surface area contributed by atoms with Crippen LogP contribution in [0.25, 0.3) is 0 Å². The standard InChI is InChI=1S/C19H21F3N2O6/c1-3-29-18(26)13-9-30-19(27)24(13)10-4-6-23(7-5-10)17(25)11-8-12(20)15(22)16(28-2)14(11)21/h8,10,13H,3-7,9H2,1-2H3. The third-order valence-corrected chi connectivity index (χ3v) is 5.17. The summed E-state index contributed by atoms with van der Waals surface area (Å²) in [4.78, 5) is 39.4. The minimum Gasteiger partial charge on any atom is -0.491 e. The highest BCUT2D eigenvalue weighted by molar-refractivity contribution is 5.95. The molecule has 2 aliphatic rings. The predicted molar refractivity (Wildman–Crippen MR) is 95.4 cm³/mol. The van der Waals surface area contributed by atoms with E-state index in [4.69, 9.17) is 9.47 Å². The van der Waals surface area contributed by atoms with Gasteiger partial charge < -0.3 is 19.1 Å². The largest absolute Gasteiger partial charge is 0.491 e. The molecule has 1 aromatic rings. The first-order valence-corrected chi connectivity index (χ1v) is 9.42. The summed E-state index contributed by atoms with van der Waals surface area (Å²) in [6, 6.07) is -0.753. The average Bonchev–Trinajstić information content (AvgIpc) is 3.12. The predicted octanol–water partition coefficient (Wildman–Crippen LogP) is 2.10. The zero-order valence-corrected chi connectivity index (χ0v) is 16.5. The van der Waals surface area contributed by atoms with Crippen LogP contribution >= 0.6 is 0 Å². The Balaban J connectivity index is 1.71. The Hall–Kier alpha value is -2.98. The van der Waals surface area contributed by atoms with E-state index in [1.165, 1.54) is 9.80 Å². The Labute approximate surface area is 170 Å². The normalized spacial score (nSPS) is 19.6. The molecule has 0 saturated carbocycles. The Kier molecular flexibility index (Phi) is 6.37. The highest BCUT2D eigenvalue weighted by Gasteiger charge is 2.44. The second-order valence-electron chi connectivity index (χ2n) is 6.84. The van der Waals surface area contributed by atoms with Crippen LogP contribution in [0.3, 0.4) is 0 Å². The van der Waals surface area contributed by atoms with Crippen molar-refractivity contribution in [3.05, 3.63) is 29.1 Å². The van der Waals surface area contributed by atoms with Gasteiger partial charge in [-0.05, 0) is 25.8 Å². The molecule has 0 aromatic heterocycles. The van der Waals surface area contributed by atoms with E-state index in [1.807, 2.05) is 0 Å². The third kappa shape index (κ3) is 3.88. The number of hydrogen-bond acceptors (Lipinski definition) is 6. The van der Waals surface area contributed by atoms with Gasteiger partial charge in [0.25, 0.3) is 5.91 Å². The summed E-state index contributed by atoms with van der Waals surface area (Å²) >= 11 is 0. The van der Waals surface area contributed by atoms with Gasteiger partial charge in [-0.3, -0.25) is 9.69 Å². The molecule has 164 valence electrons. The van der Waals surface area contributed by atoms with E-state index in [2.05, 4.69) is 4.74 Å². The molecule has 0 aliphatic carbocycles. The van der Waals surface area contributed by atoms with Gasteiger partial charge in [0.05, 0.1) is 19.3 Å². The fraction of sp³-hybridized carbons (Fsp3) is 0.526. The second-order valence-corrected chi connectivity index (χ2v) is 6.84. The van der Waals surface area contributed by atoms with E-state index in [0.29, 0.717) is 18.9 Å². The summed E-state index contributed by atoms with van der Waals surface area (Å²) < 4.78 is 56.2. The number of halogens is 3. The maximum Gasteiger partial charge on any atom is 0.410 e. The lowest BCUT2D eigenvalue weighted by atomic mass is 10.0. The molecule has 3 rings (SSSR count). The topological polar surface area (TPSA) is 85.4 Å². The van der Waals surface area contributed by atoms with Gasteiger partial charge in [0, 0.05) is 19.1 Å². The van der Waals surface area contributed by atoms with Crippen molar-refractivity contribution in [2.75, 3.05) is 33.4 Å². The molecule has 0 radical (unpaired) electrons. The Morgan fingerprint density at radius 1 is 1.20 bits per heavy atom. The molecule has 2 aliphatic heterocycles. The highest BCUT2D eigenvalue weighted by atomic mass is 19.2. The average molecular weight is 430 g/mol. The quantitative estimate of drug-likeness (QED) is 0.526. The lowest BCUT2D eigenvalue weighted by Gasteiger charge is -2.37. The van der Waals surface area contributed by atoms with Crippen LogP contribution in [0.15, 0.2) is 6.07 Å². The van der Waals surface area contributed by atoms with E-state index in [1.54, 1.807) is 6.92 Å². The molecule has 1 atom stereocenters. The molecule has 0 bridgehead atoms. The first kappa shape index (κ1) is 21.7. The van der Waals surface area contributed by atoms with Gasteiger partial charge in [0.1, 0.15) is 6.61 Å². The van der Waals surface area contributed by atoms with Crippen molar-refractivity contribution >= 4 is 18.0 Å². The van der Waals surface area contributed by atoms with Crippen molar-refractivity contribution in [1.82, 2.24) is 9.80 Å². The van der Waals surface area contributed by atoms with E-state index in [9.17, 15) is 27.6 Å². The number of cyclic esters (lactones) is 1. The number of rotatable bonds is 5. The number of likely N-dealkylation sites (tertiary alicyclic amines) is 1. The van der Waals surface area contributed by atoms with Gasteiger partial charge in [-0.25, -0.2) is 18.4 Å². The van der Waals surface area contributed by atoms with Gasteiger partial charge in [-0.1, -0.05) is 0 Å². The van der Waals surface area contributed by atoms with E-state index in [-0.39, 0.29) is 32.3 Å². The van der Waals surface area contributed by atoms with Crippen molar-refractivity contribution in [2.45, 2.75) is 31.8 Å². The molecule has 30 heavy (non-hydrogen) atoms. The number of carbonyl (C=O) groups is 3. The molecule has 2 amide bonds. The fourth-order valence-electron chi connectivity index (χ4n) is 3.69. The Morgan fingerprint density at radius 3 is 2.47 bits per heavy atom. The maximum atomic E-state index is 14.4. The molecule has 8 nitrogen and oxygen atoms in total. The second kappa shape index (κ2) is 8.80. The fourth-order valence-corrected chi connectivity index (χ4v) is 3.69. The van der Waals surface area contributed by atoms with Gasteiger partial charge >= 0.3 is 12.1 Å². The summed E-state index contributed by atoms with van der Waals surface area (Å²) in [5.41, 5.74) is -0.644. The van der Waals surface area contributed by atoms with Crippen LogP contribution in [0, 0.1) is 17.5 Å². The number of hydrogen-bond donors (Lipinski definition) is 0. The number of nitrogens with zero attached hydrogens (tertiary/aromatic N) is 2. The van der Waals surface area contributed by atoms with Crippen molar-refractivity contribution in [2.24, 2.45) is 0 Å². The number of ether oxygens (including phenoxy) is 3. The lowest BCUT2D eigenvalue weighted by Crippen LogP contribution is -2.52. The third-order valence-electron chi connectivity index (χ3n) is 5.17. The number of piperidine rings is 1. The Morgan fingerprint density at radius 2 is 1.87 bits per heavy atom. The monoisotopic (exact) mass is 430 g/mol. The maximum absolute atomic E-state index is 14.4. The summed E-state index contributed by atoms with van der Waals surface area (Å²) in [5, 5.41) is 0. The Bertz CT molecular complexity index is 857. The smallest absolute Gasteiger partial charge is 0.410 e. The van der Waals surface area contributed by atoms with Crippen LogP contribution in [-0.2, 0) is 14.3 Å². The molecule has 0 N–H and O–H groups in total. The molecular weight excluding hydrogens is 409 g/mol. The first-order chi connectivity index (χ1) is 14.3. The SMILES string of the molecule is CCOC(=O)C1COC(=O)N1C1CCN(C(=O)c2cc(F)c(F)c(OC)c2F)CC1. The van der Waals surface area contributed by atoms with E-state index >= 15 is 0 Å². The molecule has 1 unspecified atom stereocenters. The van der Waals surface area contributed by atoms with Crippen LogP contribution in [0.1, 0.15) is 30.1 Å². The van der Waals surface area contributed by atoms with Gasteiger partial charge in [0.15, 0.2) is 23.4 Å². The number of amides is 2. The molecule has 1 aromatic carbocycles.